The van der Waals surface area contributed by atoms with Crippen molar-refractivity contribution in [2.75, 3.05) is 17.2 Å². The molecular weight excluding hydrogens is 468 g/mol. The van der Waals surface area contributed by atoms with Crippen molar-refractivity contribution in [3.8, 4) is 5.75 Å². The number of hydrogen-bond acceptors (Lipinski definition) is 5. The second kappa shape index (κ2) is 11.4. The zero-order chi connectivity index (χ0) is 26.4. The van der Waals surface area contributed by atoms with Crippen molar-refractivity contribution in [3.05, 3.63) is 90.5 Å². The Morgan fingerprint density at radius 3 is 1.97 bits per heavy atom. The van der Waals surface area contributed by atoms with Crippen LogP contribution in [-0.2, 0) is 14.4 Å². The molecule has 0 aliphatic heterocycles. The van der Waals surface area contributed by atoms with Gasteiger partial charge in [-0.3, -0.25) is 14.4 Å². The molecule has 0 bridgehead atoms. The van der Waals surface area contributed by atoms with E-state index in [2.05, 4.69) is 10.6 Å². The van der Waals surface area contributed by atoms with Gasteiger partial charge in [-0.2, -0.15) is 0 Å². The van der Waals surface area contributed by atoms with Crippen LogP contribution in [0.25, 0.3) is 0 Å². The molecule has 1 fully saturated rings. The quantitative estimate of drug-likeness (QED) is 0.386. The van der Waals surface area contributed by atoms with Crippen LogP contribution in [0.4, 0.5) is 11.4 Å². The first kappa shape index (κ1) is 26.1. The summed E-state index contributed by atoms with van der Waals surface area (Å²) in [5, 5.41) is 17.1. The van der Waals surface area contributed by atoms with Gasteiger partial charge in [0.25, 0.3) is 0 Å². The fraction of sp³-hybridized carbons (Fsp3) is 0.300. The van der Waals surface area contributed by atoms with Gasteiger partial charge in [-0.25, -0.2) is 0 Å². The molecule has 1 aliphatic rings. The zero-order valence-electron chi connectivity index (χ0n) is 21.0. The minimum Gasteiger partial charge on any atom is -0.494 e. The van der Waals surface area contributed by atoms with Crippen LogP contribution in [0.15, 0.2) is 84.9 Å². The summed E-state index contributed by atoms with van der Waals surface area (Å²) < 4.78 is 5.69. The molecule has 7 heteroatoms. The van der Waals surface area contributed by atoms with Crippen molar-refractivity contribution in [1.29, 1.82) is 0 Å². The van der Waals surface area contributed by atoms with Crippen LogP contribution in [0.3, 0.4) is 0 Å². The summed E-state index contributed by atoms with van der Waals surface area (Å²) in [6, 6.07) is 24.8. The molecule has 1 aliphatic carbocycles. The van der Waals surface area contributed by atoms with Gasteiger partial charge in [0.05, 0.1) is 18.1 Å². The predicted octanol–water partition coefficient (Wildman–Crippen LogP) is 4.79. The SMILES string of the molecule is CCCOc1ccc(C2C(C(=O)Nc3ccccc3)C(=O)CC(C)(O)C2C(=O)Nc2ccccc2)cc1. The summed E-state index contributed by atoms with van der Waals surface area (Å²) in [5.41, 5.74) is 0.0396. The van der Waals surface area contributed by atoms with Gasteiger partial charge in [0.2, 0.25) is 11.8 Å². The summed E-state index contributed by atoms with van der Waals surface area (Å²) in [6.45, 7) is 4.05. The van der Waals surface area contributed by atoms with Crippen LogP contribution in [0, 0.1) is 11.8 Å². The number of para-hydroxylation sites is 2. The molecule has 1 saturated carbocycles. The van der Waals surface area contributed by atoms with Crippen LogP contribution in [0.5, 0.6) is 5.75 Å². The van der Waals surface area contributed by atoms with Gasteiger partial charge in [-0.05, 0) is 55.3 Å². The molecule has 0 aromatic heterocycles. The Hall–Kier alpha value is -3.97. The first-order chi connectivity index (χ1) is 17.8. The fourth-order valence-electron chi connectivity index (χ4n) is 4.98. The molecular formula is C30H32N2O5. The number of ether oxygens (including phenoxy) is 1. The minimum absolute atomic E-state index is 0.319. The number of benzene rings is 3. The van der Waals surface area contributed by atoms with Crippen LogP contribution < -0.4 is 15.4 Å². The molecule has 0 heterocycles. The monoisotopic (exact) mass is 500 g/mol. The molecule has 0 saturated heterocycles. The second-order valence-corrected chi connectivity index (χ2v) is 9.61. The minimum atomic E-state index is -1.67. The highest BCUT2D eigenvalue weighted by atomic mass is 16.5. The maximum atomic E-state index is 13.7. The number of rotatable bonds is 8. The van der Waals surface area contributed by atoms with Gasteiger partial charge in [-0.15, -0.1) is 0 Å². The molecule has 3 aromatic rings. The first-order valence-electron chi connectivity index (χ1n) is 12.5. The maximum absolute atomic E-state index is 13.7. The third-order valence-electron chi connectivity index (χ3n) is 6.65. The molecule has 4 atom stereocenters. The highest BCUT2D eigenvalue weighted by Crippen LogP contribution is 2.46. The Bertz CT molecular complexity index is 1230. The van der Waals surface area contributed by atoms with Crippen molar-refractivity contribution in [3.63, 3.8) is 0 Å². The predicted molar refractivity (Wildman–Crippen MR) is 142 cm³/mol. The number of Topliss-reactive ketones (excluding diaryl/α,β-unsaturated/α-hetero) is 1. The summed E-state index contributed by atoms with van der Waals surface area (Å²) in [5.74, 6) is -3.88. The topological polar surface area (TPSA) is 105 Å². The Morgan fingerprint density at radius 2 is 1.43 bits per heavy atom. The summed E-state index contributed by atoms with van der Waals surface area (Å²) in [4.78, 5) is 40.6. The number of anilines is 2. The number of carbonyl (C=O) groups excluding carboxylic acids is 3. The number of ketones is 1. The van der Waals surface area contributed by atoms with E-state index in [1.54, 1.807) is 72.8 Å². The lowest BCUT2D eigenvalue weighted by Crippen LogP contribution is -2.56. The molecule has 7 nitrogen and oxygen atoms in total. The van der Waals surface area contributed by atoms with Crippen LogP contribution in [-0.4, -0.2) is 34.9 Å². The standard InChI is InChI=1S/C30H32N2O5/c1-3-18-37-23-16-14-20(15-17-23)25-26(28(34)31-21-10-6-4-7-11-21)24(33)19-30(2,36)27(25)29(35)32-22-12-8-5-9-13-22/h4-17,25-27,36H,3,18-19H2,1-2H3,(H,31,34)(H,32,35). The highest BCUT2D eigenvalue weighted by Gasteiger charge is 2.55. The van der Waals surface area contributed by atoms with Crippen molar-refractivity contribution in [1.82, 2.24) is 0 Å². The van der Waals surface area contributed by atoms with Gasteiger partial charge in [0.1, 0.15) is 17.5 Å². The smallest absolute Gasteiger partial charge is 0.235 e. The third-order valence-corrected chi connectivity index (χ3v) is 6.65. The van der Waals surface area contributed by atoms with Gasteiger partial charge in [0.15, 0.2) is 0 Å². The van der Waals surface area contributed by atoms with E-state index in [0.29, 0.717) is 29.3 Å². The largest absolute Gasteiger partial charge is 0.494 e. The molecule has 2 amide bonds. The van der Waals surface area contributed by atoms with Gasteiger partial charge in [-0.1, -0.05) is 55.5 Å². The Morgan fingerprint density at radius 1 is 0.892 bits per heavy atom. The summed E-state index contributed by atoms with van der Waals surface area (Å²) in [7, 11) is 0. The molecule has 37 heavy (non-hydrogen) atoms. The summed E-state index contributed by atoms with van der Waals surface area (Å²) >= 11 is 0. The van der Waals surface area contributed by atoms with Crippen molar-refractivity contribution in [2.24, 2.45) is 11.8 Å². The number of nitrogens with one attached hydrogen (secondary N) is 2. The lowest BCUT2D eigenvalue weighted by atomic mass is 9.61. The van der Waals surface area contributed by atoms with E-state index in [4.69, 9.17) is 4.74 Å². The van der Waals surface area contributed by atoms with Crippen molar-refractivity contribution >= 4 is 29.0 Å². The molecule has 0 radical (unpaired) electrons. The normalized spacial score (nSPS) is 23.2. The average Bonchev–Trinajstić information content (AvgIpc) is 2.87. The van der Waals surface area contributed by atoms with E-state index in [9.17, 15) is 19.5 Å². The number of hydrogen-bond donors (Lipinski definition) is 3. The Balaban J connectivity index is 1.74. The number of amides is 2. The van der Waals surface area contributed by atoms with E-state index < -0.39 is 41.0 Å². The molecule has 3 N–H and O–H groups in total. The molecule has 4 unspecified atom stereocenters. The van der Waals surface area contributed by atoms with Crippen LogP contribution >= 0.6 is 0 Å². The Labute approximate surface area is 216 Å². The van der Waals surface area contributed by atoms with Crippen molar-refractivity contribution in [2.45, 2.75) is 38.2 Å². The van der Waals surface area contributed by atoms with E-state index >= 15 is 0 Å². The van der Waals surface area contributed by atoms with Crippen molar-refractivity contribution < 1.29 is 24.2 Å². The molecule has 0 spiro atoms. The van der Waals surface area contributed by atoms with Crippen LogP contribution in [0.2, 0.25) is 0 Å². The van der Waals surface area contributed by atoms with E-state index in [-0.39, 0.29) is 6.42 Å². The fourth-order valence-corrected chi connectivity index (χ4v) is 4.98. The van der Waals surface area contributed by atoms with Gasteiger partial charge < -0.3 is 20.5 Å². The number of carbonyl (C=O) groups is 3. The lowest BCUT2D eigenvalue weighted by Gasteiger charge is -2.44. The number of aliphatic hydroxyl groups is 1. The zero-order valence-corrected chi connectivity index (χ0v) is 21.0. The van der Waals surface area contributed by atoms with E-state index in [1.165, 1.54) is 6.92 Å². The van der Waals surface area contributed by atoms with Gasteiger partial charge >= 0.3 is 0 Å². The van der Waals surface area contributed by atoms with E-state index in [0.717, 1.165) is 6.42 Å². The average molecular weight is 501 g/mol. The molecule has 192 valence electrons. The highest BCUT2D eigenvalue weighted by molar-refractivity contribution is 6.10. The third kappa shape index (κ3) is 6.06. The summed E-state index contributed by atoms with van der Waals surface area (Å²) in [6.07, 6.45) is 0.534. The Kier molecular flexibility index (Phi) is 8.04. The van der Waals surface area contributed by atoms with Crippen LogP contribution in [0.1, 0.15) is 38.2 Å². The second-order valence-electron chi connectivity index (χ2n) is 9.61. The van der Waals surface area contributed by atoms with E-state index in [1.807, 2.05) is 19.1 Å². The first-order valence-corrected chi connectivity index (χ1v) is 12.5. The van der Waals surface area contributed by atoms with Gasteiger partial charge in [0, 0.05) is 23.7 Å². The lowest BCUT2D eigenvalue weighted by molar-refractivity contribution is -0.150. The maximum Gasteiger partial charge on any atom is 0.235 e. The molecule has 3 aromatic carbocycles. The molecule has 4 rings (SSSR count).